The Balaban J connectivity index is 2.68. The Kier molecular flexibility index (Phi) is 2.70. The molecule has 0 amide bonds. The van der Waals surface area contributed by atoms with Crippen molar-refractivity contribution in [3.05, 3.63) is 47.5 Å². The van der Waals surface area contributed by atoms with Crippen molar-refractivity contribution in [3.63, 3.8) is 0 Å². The number of carbonyl (C=O) groups excluding carboxylic acids is 1. The minimum absolute atomic E-state index is 0.0624. The molecule has 0 radical (unpaired) electrons. The van der Waals surface area contributed by atoms with E-state index in [0.717, 1.165) is 16.3 Å². The average Bonchev–Trinajstić information content (AvgIpc) is 2.30. The highest BCUT2D eigenvalue weighted by Crippen LogP contribution is 2.23. The van der Waals surface area contributed by atoms with Crippen LogP contribution >= 0.6 is 0 Å². The number of hydrogen-bond acceptors (Lipinski definition) is 2. The van der Waals surface area contributed by atoms with Crippen LogP contribution < -0.4 is 0 Å². The van der Waals surface area contributed by atoms with Gasteiger partial charge in [-0.1, -0.05) is 36.4 Å². The number of benzene rings is 2. The molecule has 0 aliphatic heterocycles. The van der Waals surface area contributed by atoms with Crippen molar-refractivity contribution in [1.82, 2.24) is 0 Å². The van der Waals surface area contributed by atoms with Gasteiger partial charge in [-0.05, 0) is 23.3 Å². The molecule has 2 rings (SSSR count). The monoisotopic (exact) mass is 209 g/mol. The molecule has 0 unspecified atom stereocenters. The van der Waals surface area contributed by atoms with Crippen molar-refractivity contribution < 1.29 is 4.79 Å². The third kappa shape index (κ3) is 1.68. The fraction of sp³-hybridized carbons (Fsp3) is 0.143. The van der Waals surface area contributed by atoms with Crippen LogP contribution in [-0.4, -0.2) is 5.78 Å². The molecule has 0 aliphatic rings. The second kappa shape index (κ2) is 4.16. The summed E-state index contributed by atoms with van der Waals surface area (Å²) in [5.74, 6) is -0.112. The Morgan fingerprint density at radius 1 is 1.19 bits per heavy atom. The number of fused-ring (bicyclic) bond motifs is 1. The van der Waals surface area contributed by atoms with Crippen LogP contribution in [0.4, 0.5) is 0 Å². The molecule has 0 bridgehead atoms. The van der Waals surface area contributed by atoms with Crippen molar-refractivity contribution in [1.29, 1.82) is 5.26 Å². The predicted octanol–water partition coefficient (Wildman–Crippen LogP) is 3.24. The maximum absolute atomic E-state index is 11.7. The molecule has 16 heavy (non-hydrogen) atoms. The summed E-state index contributed by atoms with van der Waals surface area (Å²) in [6.45, 7) is 2.01. The molecule has 0 saturated heterocycles. The van der Waals surface area contributed by atoms with E-state index in [0.29, 0.717) is 5.56 Å². The summed E-state index contributed by atoms with van der Waals surface area (Å²) in [7, 11) is 0. The molecule has 0 N–H and O–H groups in total. The maximum atomic E-state index is 11.7. The van der Waals surface area contributed by atoms with Crippen LogP contribution in [0.15, 0.2) is 36.4 Å². The van der Waals surface area contributed by atoms with Crippen molar-refractivity contribution >= 4 is 16.6 Å². The van der Waals surface area contributed by atoms with Crippen LogP contribution in [0.3, 0.4) is 0 Å². The first-order chi connectivity index (χ1) is 7.74. The van der Waals surface area contributed by atoms with Gasteiger partial charge in [-0.3, -0.25) is 4.79 Å². The molecule has 78 valence electrons. The summed E-state index contributed by atoms with van der Waals surface area (Å²) in [6, 6.07) is 13.4. The fourth-order valence-electron chi connectivity index (χ4n) is 1.86. The number of nitrogens with zero attached hydrogens (tertiary/aromatic N) is 1. The van der Waals surface area contributed by atoms with E-state index in [1.165, 1.54) is 0 Å². The number of nitriles is 1. The SMILES string of the molecule is Cc1ccc(C(=O)CC#N)c2ccccc12. The van der Waals surface area contributed by atoms with E-state index in [-0.39, 0.29) is 12.2 Å². The van der Waals surface area contributed by atoms with Crippen LogP contribution in [-0.2, 0) is 0 Å². The largest absolute Gasteiger partial charge is 0.293 e. The van der Waals surface area contributed by atoms with E-state index >= 15 is 0 Å². The van der Waals surface area contributed by atoms with Crippen LogP contribution in [0.2, 0.25) is 0 Å². The molecule has 2 nitrogen and oxygen atoms in total. The standard InChI is InChI=1S/C14H11NO/c1-10-6-7-13(14(16)8-9-15)12-5-3-2-4-11(10)12/h2-7H,8H2,1H3. The van der Waals surface area contributed by atoms with Crippen LogP contribution in [0.1, 0.15) is 22.3 Å². The number of Topliss-reactive ketones (excluding diaryl/α,β-unsaturated/α-hetero) is 1. The summed E-state index contributed by atoms with van der Waals surface area (Å²) >= 11 is 0. The Hall–Kier alpha value is -2.14. The van der Waals surface area contributed by atoms with E-state index in [1.807, 2.05) is 43.3 Å². The van der Waals surface area contributed by atoms with E-state index in [1.54, 1.807) is 6.07 Å². The molecular weight excluding hydrogens is 198 g/mol. The zero-order valence-corrected chi connectivity index (χ0v) is 9.03. The van der Waals surface area contributed by atoms with Crippen LogP contribution in [0.5, 0.6) is 0 Å². The minimum atomic E-state index is -0.112. The quantitative estimate of drug-likeness (QED) is 0.712. The van der Waals surface area contributed by atoms with Crippen LogP contribution in [0.25, 0.3) is 10.8 Å². The lowest BCUT2D eigenvalue weighted by molar-refractivity contribution is 0.0999. The lowest BCUT2D eigenvalue weighted by Crippen LogP contribution is -1.99. The first-order valence-corrected chi connectivity index (χ1v) is 5.12. The third-order valence-corrected chi connectivity index (χ3v) is 2.68. The molecule has 2 aromatic rings. The molecule has 2 aromatic carbocycles. The lowest BCUT2D eigenvalue weighted by atomic mass is 9.97. The average molecular weight is 209 g/mol. The van der Waals surface area contributed by atoms with Gasteiger partial charge in [0.25, 0.3) is 0 Å². The first-order valence-electron chi connectivity index (χ1n) is 5.12. The van der Waals surface area contributed by atoms with E-state index in [4.69, 9.17) is 5.26 Å². The number of carbonyl (C=O) groups is 1. The molecule has 0 spiro atoms. The second-order valence-corrected chi connectivity index (χ2v) is 3.73. The lowest BCUT2D eigenvalue weighted by Gasteiger charge is -2.06. The van der Waals surface area contributed by atoms with E-state index in [9.17, 15) is 4.79 Å². The Morgan fingerprint density at radius 2 is 1.88 bits per heavy atom. The highest BCUT2D eigenvalue weighted by atomic mass is 16.1. The maximum Gasteiger partial charge on any atom is 0.177 e. The van der Waals surface area contributed by atoms with Crippen molar-refractivity contribution in [2.45, 2.75) is 13.3 Å². The minimum Gasteiger partial charge on any atom is -0.293 e. The number of ketones is 1. The third-order valence-electron chi connectivity index (χ3n) is 2.68. The topological polar surface area (TPSA) is 40.9 Å². The van der Waals surface area contributed by atoms with E-state index < -0.39 is 0 Å². The first kappa shape index (κ1) is 10.4. The van der Waals surface area contributed by atoms with E-state index in [2.05, 4.69) is 0 Å². The summed E-state index contributed by atoms with van der Waals surface area (Å²) in [5, 5.41) is 10.6. The predicted molar refractivity (Wildman–Crippen MR) is 63.2 cm³/mol. The van der Waals surface area contributed by atoms with Gasteiger partial charge in [0, 0.05) is 5.56 Å². The van der Waals surface area contributed by atoms with Gasteiger partial charge in [-0.15, -0.1) is 0 Å². The van der Waals surface area contributed by atoms with Crippen molar-refractivity contribution in [3.8, 4) is 6.07 Å². The molecule has 0 saturated carbocycles. The van der Waals surface area contributed by atoms with Gasteiger partial charge in [-0.2, -0.15) is 5.26 Å². The smallest absolute Gasteiger partial charge is 0.177 e. The van der Waals surface area contributed by atoms with Gasteiger partial charge in [0.2, 0.25) is 0 Å². The van der Waals surface area contributed by atoms with Gasteiger partial charge in [0.15, 0.2) is 5.78 Å². The van der Waals surface area contributed by atoms with Crippen LogP contribution in [0, 0.1) is 18.3 Å². The molecule has 0 aliphatic carbocycles. The normalized spacial score (nSPS) is 10.0. The van der Waals surface area contributed by atoms with Gasteiger partial charge >= 0.3 is 0 Å². The molecule has 2 heteroatoms. The van der Waals surface area contributed by atoms with Gasteiger partial charge in [0.05, 0.1) is 12.5 Å². The molecular formula is C14H11NO. The molecule has 0 atom stereocenters. The second-order valence-electron chi connectivity index (χ2n) is 3.73. The Morgan fingerprint density at radius 3 is 2.56 bits per heavy atom. The molecule has 0 heterocycles. The number of hydrogen-bond donors (Lipinski definition) is 0. The molecule has 0 aromatic heterocycles. The zero-order chi connectivity index (χ0) is 11.5. The highest BCUT2D eigenvalue weighted by molar-refractivity contribution is 6.09. The number of rotatable bonds is 2. The zero-order valence-electron chi connectivity index (χ0n) is 9.03. The van der Waals surface area contributed by atoms with Crippen molar-refractivity contribution in [2.24, 2.45) is 0 Å². The number of aryl methyl sites for hydroxylation is 1. The van der Waals surface area contributed by atoms with Gasteiger partial charge in [-0.25, -0.2) is 0 Å². The van der Waals surface area contributed by atoms with Gasteiger partial charge < -0.3 is 0 Å². The fourth-order valence-corrected chi connectivity index (χ4v) is 1.86. The summed E-state index contributed by atoms with van der Waals surface area (Å²) in [4.78, 5) is 11.7. The highest BCUT2D eigenvalue weighted by Gasteiger charge is 2.10. The summed E-state index contributed by atoms with van der Waals surface area (Å²) in [6.07, 6.45) is -0.0624. The van der Waals surface area contributed by atoms with Gasteiger partial charge in [0.1, 0.15) is 0 Å². The molecule has 0 fully saturated rings. The summed E-state index contributed by atoms with van der Waals surface area (Å²) < 4.78 is 0. The summed E-state index contributed by atoms with van der Waals surface area (Å²) in [5.41, 5.74) is 1.78. The van der Waals surface area contributed by atoms with Crippen molar-refractivity contribution in [2.75, 3.05) is 0 Å². The Labute approximate surface area is 94.1 Å². The Bertz CT molecular complexity index is 593.